The Morgan fingerprint density at radius 3 is 2.92 bits per heavy atom. The number of aromatic amines is 1. The summed E-state index contributed by atoms with van der Waals surface area (Å²) in [6.45, 7) is 0.431. The van der Waals surface area contributed by atoms with Gasteiger partial charge in [0.2, 0.25) is 0 Å². The molecule has 0 aliphatic carbocycles. The molecule has 6 heteroatoms. The largest absolute Gasteiger partial charge is 0.493 e. The van der Waals surface area contributed by atoms with Crippen LogP contribution >= 0.6 is 15.9 Å². The second-order valence-corrected chi connectivity index (χ2v) is 6.10. The molecule has 0 saturated carbocycles. The lowest BCUT2D eigenvalue weighted by atomic mass is 10.1. The summed E-state index contributed by atoms with van der Waals surface area (Å²) in [5, 5.41) is 9.15. The highest BCUT2D eigenvalue weighted by atomic mass is 79.9. The van der Waals surface area contributed by atoms with E-state index in [-0.39, 0.29) is 5.56 Å². The van der Waals surface area contributed by atoms with Crippen molar-refractivity contribution in [2.75, 3.05) is 6.61 Å². The van der Waals surface area contributed by atoms with Crippen LogP contribution < -0.4 is 10.3 Å². The summed E-state index contributed by atoms with van der Waals surface area (Å²) in [4.78, 5) is 19.6. The molecule has 5 nitrogen and oxygen atoms in total. The SMILES string of the molecule is N#CCCCOc1ccc(Br)cc1-c1nc2ccccc2c(=O)[nH]1. The number of ether oxygens (including phenoxy) is 1. The number of fused-ring (bicyclic) bond motifs is 1. The van der Waals surface area contributed by atoms with Gasteiger partial charge in [0, 0.05) is 10.9 Å². The number of para-hydroxylation sites is 1. The Labute approximate surface area is 147 Å². The van der Waals surface area contributed by atoms with Crippen LogP contribution in [-0.4, -0.2) is 16.6 Å². The van der Waals surface area contributed by atoms with Crippen molar-refractivity contribution >= 4 is 26.8 Å². The van der Waals surface area contributed by atoms with Gasteiger partial charge in [0.1, 0.15) is 11.6 Å². The van der Waals surface area contributed by atoms with E-state index in [1.807, 2.05) is 30.3 Å². The number of H-pyrrole nitrogens is 1. The van der Waals surface area contributed by atoms with Crippen LogP contribution in [0.5, 0.6) is 5.75 Å². The molecule has 1 aromatic heterocycles. The van der Waals surface area contributed by atoms with Gasteiger partial charge in [0.15, 0.2) is 0 Å². The van der Waals surface area contributed by atoms with Crippen LogP contribution in [0.2, 0.25) is 0 Å². The van der Waals surface area contributed by atoms with Gasteiger partial charge in [0.25, 0.3) is 5.56 Å². The fourth-order valence-corrected chi connectivity index (χ4v) is 2.72. The van der Waals surface area contributed by atoms with Crippen LogP contribution in [0.25, 0.3) is 22.3 Å². The second kappa shape index (κ2) is 7.28. The Morgan fingerprint density at radius 2 is 2.08 bits per heavy atom. The molecule has 3 rings (SSSR count). The van der Waals surface area contributed by atoms with Gasteiger partial charge in [-0.15, -0.1) is 0 Å². The minimum atomic E-state index is -0.189. The summed E-state index contributed by atoms with van der Waals surface area (Å²) in [5.74, 6) is 1.07. The lowest BCUT2D eigenvalue weighted by molar-refractivity contribution is 0.313. The first-order valence-corrected chi connectivity index (χ1v) is 8.27. The van der Waals surface area contributed by atoms with Gasteiger partial charge in [-0.25, -0.2) is 4.98 Å². The molecule has 0 aliphatic heterocycles. The normalized spacial score (nSPS) is 10.5. The van der Waals surface area contributed by atoms with Crippen LogP contribution in [0.15, 0.2) is 51.7 Å². The van der Waals surface area contributed by atoms with Crippen molar-refractivity contribution in [2.24, 2.45) is 0 Å². The summed E-state index contributed by atoms with van der Waals surface area (Å²) >= 11 is 3.44. The molecule has 0 fully saturated rings. The summed E-state index contributed by atoms with van der Waals surface area (Å²) in [5.41, 5.74) is 1.14. The van der Waals surface area contributed by atoms with Crippen molar-refractivity contribution in [3.05, 3.63) is 57.3 Å². The average molecular weight is 384 g/mol. The number of nitrogens with one attached hydrogen (secondary N) is 1. The van der Waals surface area contributed by atoms with Crippen molar-refractivity contribution in [3.63, 3.8) is 0 Å². The van der Waals surface area contributed by atoms with Crippen molar-refractivity contribution in [3.8, 4) is 23.2 Å². The lowest BCUT2D eigenvalue weighted by Gasteiger charge is -2.11. The molecule has 0 unspecified atom stereocenters. The van der Waals surface area contributed by atoms with Crippen molar-refractivity contribution in [1.82, 2.24) is 9.97 Å². The van der Waals surface area contributed by atoms with Gasteiger partial charge in [-0.1, -0.05) is 28.1 Å². The van der Waals surface area contributed by atoms with Crippen LogP contribution in [0.3, 0.4) is 0 Å². The molecular formula is C18H14BrN3O2. The van der Waals surface area contributed by atoms with Crippen molar-refractivity contribution < 1.29 is 4.74 Å². The molecule has 120 valence electrons. The van der Waals surface area contributed by atoms with Gasteiger partial charge in [-0.3, -0.25) is 4.79 Å². The molecule has 0 amide bonds. The van der Waals surface area contributed by atoms with E-state index in [0.717, 1.165) is 4.47 Å². The van der Waals surface area contributed by atoms with Crippen LogP contribution in [0.1, 0.15) is 12.8 Å². The van der Waals surface area contributed by atoms with Crippen molar-refractivity contribution in [2.45, 2.75) is 12.8 Å². The fourth-order valence-electron chi connectivity index (χ4n) is 2.36. The third-order valence-electron chi connectivity index (χ3n) is 3.50. The summed E-state index contributed by atoms with van der Waals surface area (Å²) in [6.07, 6.45) is 1.09. The van der Waals surface area contributed by atoms with E-state index in [9.17, 15) is 4.79 Å². The van der Waals surface area contributed by atoms with E-state index < -0.39 is 0 Å². The topological polar surface area (TPSA) is 78.8 Å². The number of unbranched alkanes of at least 4 members (excludes halogenated alkanes) is 1. The standard InChI is InChI=1S/C18H14BrN3O2/c19-12-7-8-16(24-10-4-3-9-20)14(11-12)17-21-15-6-2-1-5-13(15)18(23)22-17/h1-2,5-8,11H,3-4,10H2,(H,21,22,23). The molecule has 3 aromatic rings. The number of rotatable bonds is 5. The molecular weight excluding hydrogens is 370 g/mol. The molecule has 24 heavy (non-hydrogen) atoms. The zero-order valence-electron chi connectivity index (χ0n) is 12.8. The molecule has 1 heterocycles. The first-order chi connectivity index (χ1) is 11.7. The van der Waals surface area contributed by atoms with Crippen LogP contribution in [0.4, 0.5) is 0 Å². The van der Waals surface area contributed by atoms with Gasteiger partial charge in [-0.05, 0) is 36.8 Å². The molecule has 0 aliphatic rings. The first-order valence-electron chi connectivity index (χ1n) is 7.48. The zero-order chi connectivity index (χ0) is 16.9. The lowest BCUT2D eigenvalue weighted by Crippen LogP contribution is -2.10. The highest BCUT2D eigenvalue weighted by Crippen LogP contribution is 2.31. The smallest absolute Gasteiger partial charge is 0.259 e. The predicted molar refractivity (Wildman–Crippen MR) is 95.8 cm³/mol. The molecule has 0 spiro atoms. The molecule has 0 saturated heterocycles. The third kappa shape index (κ3) is 3.47. The minimum Gasteiger partial charge on any atom is -0.493 e. The van der Waals surface area contributed by atoms with E-state index in [1.54, 1.807) is 12.1 Å². The summed E-state index contributed by atoms with van der Waals surface area (Å²) in [7, 11) is 0. The fraction of sp³-hybridized carbons (Fsp3) is 0.167. The molecule has 2 aromatic carbocycles. The number of benzene rings is 2. The third-order valence-corrected chi connectivity index (χ3v) is 3.99. The number of nitriles is 1. The number of aromatic nitrogens is 2. The molecule has 0 radical (unpaired) electrons. The van der Waals surface area contributed by atoms with E-state index in [4.69, 9.17) is 10.00 Å². The maximum Gasteiger partial charge on any atom is 0.259 e. The highest BCUT2D eigenvalue weighted by molar-refractivity contribution is 9.10. The molecule has 0 bridgehead atoms. The zero-order valence-corrected chi connectivity index (χ0v) is 14.3. The van der Waals surface area contributed by atoms with E-state index in [1.165, 1.54) is 0 Å². The van der Waals surface area contributed by atoms with E-state index >= 15 is 0 Å². The predicted octanol–water partition coefficient (Wildman–Crippen LogP) is 4.04. The summed E-state index contributed by atoms with van der Waals surface area (Å²) in [6, 6.07) is 14.8. The minimum absolute atomic E-state index is 0.189. The van der Waals surface area contributed by atoms with Crippen molar-refractivity contribution in [1.29, 1.82) is 5.26 Å². The van der Waals surface area contributed by atoms with Crippen LogP contribution in [0, 0.1) is 11.3 Å². The van der Waals surface area contributed by atoms with Gasteiger partial charge >= 0.3 is 0 Å². The maximum absolute atomic E-state index is 12.3. The number of hydrogen-bond donors (Lipinski definition) is 1. The quantitative estimate of drug-likeness (QED) is 0.674. The number of halogens is 1. The van der Waals surface area contributed by atoms with Gasteiger partial charge < -0.3 is 9.72 Å². The molecule has 1 N–H and O–H groups in total. The maximum atomic E-state index is 12.3. The second-order valence-electron chi connectivity index (χ2n) is 5.18. The molecule has 0 atom stereocenters. The Balaban J connectivity index is 2.03. The number of hydrogen-bond acceptors (Lipinski definition) is 4. The Hall–Kier alpha value is -2.65. The number of nitrogens with zero attached hydrogens (tertiary/aromatic N) is 2. The monoisotopic (exact) mass is 383 g/mol. The van der Waals surface area contributed by atoms with Crippen LogP contribution in [-0.2, 0) is 0 Å². The first kappa shape index (κ1) is 16.2. The van der Waals surface area contributed by atoms with E-state index in [2.05, 4.69) is 32.0 Å². The average Bonchev–Trinajstić information content (AvgIpc) is 2.59. The Morgan fingerprint density at radius 1 is 1.25 bits per heavy atom. The van der Waals surface area contributed by atoms with Gasteiger partial charge in [0.05, 0.1) is 29.1 Å². The Bertz CT molecular complexity index is 976. The van der Waals surface area contributed by atoms with Gasteiger partial charge in [-0.2, -0.15) is 5.26 Å². The highest BCUT2D eigenvalue weighted by Gasteiger charge is 2.12. The van der Waals surface area contributed by atoms with E-state index in [0.29, 0.717) is 47.5 Å². The summed E-state index contributed by atoms with van der Waals surface area (Å²) < 4.78 is 6.63. The Kier molecular flexibility index (Phi) is 4.92.